The number of carbonyl (C=O) groups is 1. The summed E-state index contributed by atoms with van der Waals surface area (Å²) < 4.78 is 18.8. The molecule has 0 bridgehead atoms. The molecule has 35 heavy (non-hydrogen) atoms. The van der Waals surface area contributed by atoms with Crippen LogP contribution in [-0.2, 0) is 16.1 Å². The maximum absolute atomic E-state index is 13.7. The molecule has 1 aromatic heterocycles. The van der Waals surface area contributed by atoms with Gasteiger partial charge in [0.05, 0.1) is 13.2 Å². The van der Waals surface area contributed by atoms with Gasteiger partial charge < -0.3 is 19.5 Å². The highest BCUT2D eigenvalue weighted by molar-refractivity contribution is 6.30. The first-order valence-electron chi connectivity index (χ1n) is 11.7. The Morgan fingerprint density at radius 1 is 1.09 bits per heavy atom. The number of carbonyl (C=O) groups excluding carboxylic acids is 1. The molecule has 3 aliphatic rings. The summed E-state index contributed by atoms with van der Waals surface area (Å²) in [7, 11) is 1.61. The summed E-state index contributed by atoms with van der Waals surface area (Å²) in [6, 6.07) is 13.2. The van der Waals surface area contributed by atoms with Crippen LogP contribution in [0.25, 0.3) is 0 Å². The number of allylic oxidation sites excluding steroid dienone is 2. The third-order valence-electron chi connectivity index (χ3n) is 6.67. The van der Waals surface area contributed by atoms with Crippen molar-refractivity contribution in [3.8, 4) is 11.5 Å². The van der Waals surface area contributed by atoms with Crippen molar-refractivity contribution in [1.29, 1.82) is 0 Å². The van der Waals surface area contributed by atoms with Crippen LogP contribution >= 0.6 is 11.6 Å². The molecule has 0 saturated heterocycles. The van der Waals surface area contributed by atoms with E-state index in [4.69, 9.17) is 25.8 Å². The van der Waals surface area contributed by atoms with E-state index in [-0.39, 0.29) is 18.3 Å². The first-order chi connectivity index (χ1) is 17.1. The Morgan fingerprint density at radius 3 is 2.66 bits per heavy atom. The summed E-state index contributed by atoms with van der Waals surface area (Å²) in [4.78, 5) is 18.3. The van der Waals surface area contributed by atoms with Gasteiger partial charge in [-0.05, 0) is 47.7 Å². The van der Waals surface area contributed by atoms with Gasteiger partial charge in [-0.1, -0.05) is 29.8 Å². The van der Waals surface area contributed by atoms with Crippen LogP contribution in [-0.4, -0.2) is 40.9 Å². The summed E-state index contributed by atoms with van der Waals surface area (Å²) in [5, 5.41) is 8.77. The van der Waals surface area contributed by atoms with Gasteiger partial charge >= 0.3 is 0 Å². The summed E-state index contributed by atoms with van der Waals surface area (Å²) in [5.41, 5.74) is 3.58. The summed E-state index contributed by atoms with van der Waals surface area (Å²) in [6.07, 6.45) is 1.93. The highest BCUT2D eigenvalue weighted by atomic mass is 35.5. The molecule has 0 spiro atoms. The number of ether oxygens (including phenoxy) is 3. The van der Waals surface area contributed by atoms with Crippen molar-refractivity contribution in [2.45, 2.75) is 37.8 Å². The van der Waals surface area contributed by atoms with Crippen molar-refractivity contribution in [2.75, 3.05) is 25.6 Å². The molecule has 3 aromatic rings. The zero-order chi connectivity index (χ0) is 23.9. The third-order valence-corrected chi connectivity index (χ3v) is 6.92. The largest absolute Gasteiger partial charge is 0.490 e. The van der Waals surface area contributed by atoms with Gasteiger partial charge in [0.15, 0.2) is 23.1 Å². The molecule has 0 saturated carbocycles. The van der Waals surface area contributed by atoms with Gasteiger partial charge in [0.2, 0.25) is 5.95 Å². The fraction of sp³-hybridized carbons (Fsp3) is 0.346. The lowest BCUT2D eigenvalue weighted by molar-refractivity contribution is -0.116. The number of ketones is 1. The van der Waals surface area contributed by atoms with Gasteiger partial charge in [0.1, 0.15) is 12.6 Å². The number of nitrogens with zero attached hydrogens (tertiary/aromatic N) is 3. The number of nitrogens with one attached hydrogen (secondary N) is 1. The fourth-order valence-electron chi connectivity index (χ4n) is 5.08. The van der Waals surface area contributed by atoms with E-state index in [1.165, 1.54) is 0 Å². The number of anilines is 1. The minimum atomic E-state index is -0.421. The molecule has 1 N–H and O–H groups in total. The predicted molar refractivity (Wildman–Crippen MR) is 130 cm³/mol. The zero-order valence-electron chi connectivity index (χ0n) is 19.3. The van der Waals surface area contributed by atoms with Gasteiger partial charge in [0.25, 0.3) is 0 Å². The molecule has 2 unspecified atom stereocenters. The molecule has 9 heteroatoms. The molecule has 6 rings (SSSR count). The quantitative estimate of drug-likeness (QED) is 0.567. The molecule has 8 nitrogen and oxygen atoms in total. The van der Waals surface area contributed by atoms with E-state index in [2.05, 4.69) is 15.4 Å². The minimum absolute atomic E-state index is 0.0587. The maximum atomic E-state index is 13.7. The van der Waals surface area contributed by atoms with Crippen LogP contribution in [0.15, 0.2) is 53.7 Å². The Bertz CT molecular complexity index is 1320. The monoisotopic (exact) mass is 492 g/mol. The zero-order valence-corrected chi connectivity index (χ0v) is 20.0. The fourth-order valence-corrected chi connectivity index (χ4v) is 5.20. The van der Waals surface area contributed by atoms with E-state index in [9.17, 15) is 4.79 Å². The van der Waals surface area contributed by atoms with Gasteiger partial charge in [-0.2, -0.15) is 10.1 Å². The number of hydrogen-bond acceptors (Lipinski definition) is 7. The van der Waals surface area contributed by atoms with Crippen molar-refractivity contribution in [3.63, 3.8) is 0 Å². The van der Waals surface area contributed by atoms with E-state index < -0.39 is 6.04 Å². The number of fused-ring (bicyclic) bond motifs is 2. The van der Waals surface area contributed by atoms with Gasteiger partial charge in [-0.3, -0.25) is 4.79 Å². The second-order valence-electron chi connectivity index (χ2n) is 8.99. The highest BCUT2D eigenvalue weighted by Crippen LogP contribution is 2.45. The molecule has 0 radical (unpaired) electrons. The maximum Gasteiger partial charge on any atom is 0.226 e. The number of hydrogen-bond donors (Lipinski definition) is 1. The lowest BCUT2D eigenvalue weighted by Crippen LogP contribution is -2.33. The van der Waals surface area contributed by atoms with E-state index in [0.717, 1.165) is 23.2 Å². The smallest absolute Gasteiger partial charge is 0.226 e. The molecule has 0 fully saturated rings. The molecule has 2 aromatic carbocycles. The summed E-state index contributed by atoms with van der Waals surface area (Å²) in [5.74, 6) is 2.69. The van der Waals surface area contributed by atoms with Crippen molar-refractivity contribution < 1.29 is 19.0 Å². The molecule has 180 valence electrons. The first-order valence-corrected chi connectivity index (χ1v) is 12.1. The first kappa shape index (κ1) is 22.1. The minimum Gasteiger partial charge on any atom is -0.490 e. The number of methoxy groups -OCH3 is 1. The van der Waals surface area contributed by atoms with Gasteiger partial charge in [-0.15, -0.1) is 0 Å². The second-order valence-corrected chi connectivity index (χ2v) is 9.42. The molecule has 2 atom stereocenters. The highest BCUT2D eigenvalue weighted by Gasteiger charge is 2.40. The third kappa shape index (κ3) is 4.06. The Hall–Kier alpha value is -3.36. The van der Waals surface area contributed by atoms with Crippen molar-refractivity contribution in [1.82, 2.24) is 14.8 Å². The Balaban J connectivity index is 1.44. The van der Waals surface area contributed by atoms with E-state index in [1.807, 2.05) is 42.5 Å². The molecule has 2 aliphatic heterocycles. The van der Waals surface area contributed by atoms with Crippen LogP contribution < -0.4 is 14.8 Å². The molecular weight excluding hydrogens is 468 g/mol. The lowest BCUT2D eigenvalue weighted by atomic mass is 9.78. The van der Waals surface area contributed by atoms with Crippen LogP contribution in [0.2, 0.25) is 5.02 Å². The Kier molecular flexibility index (Phi) is 5.70. The molecule has 1 aliphatic carbocycles. The van der Waals surface area contributed by atoms with E-state index in [0.29, 0.717) is 59.9 Å². The van der Waals surface area contributed by atoms with Gasteiger partial charge in [0, 0.05) is 36.2 Å². The van der Waals surface area contributed by atoms with Gasteiger partial charge in [-0.25, -0.2) is 4.68 Å². The van der Waals surface area contributed by atoms with Crippen LogP contribution in [0.4, 0.5) is 5.95 Å². The standard InChI is InChI=1S/C26H25ClN4O4/c1-33-14-23-29-26-28-19-11-17(15-3-6-18(27)7-4-15)12-20(32)24(19)25(31(26)30-23)16-5-8-21-22(13-16)35-10-2-9-34-21/h3-8,13,17,25H,2,9-12,14H2,1H3,(H,28,29,30). The van der Waals surface area contributed by atoms with Crippen LogP contribution in [0.3, 0.4) is 0 Å². The van der Waals surface area contributed by atoms with Crippen molar-refractivity contribution in [3.05, 3.63) is 75.7 Å². The predicted octanol–water partition coefficient (Wildman–Crippen LogP) is 4.65. The number of benzene rings is 2. The van der Waals surface area contributed by atoms with Crippen molar-refractivity contribution >= 4 is 23.3 Å². The molecular formula is C26H25ClN4O4. The Labute approximate surface area is 207 Å². The normalized spacial score (nSPS) is 21.1. The second kappa shape index (κ2) is 9.02. The number of rotatable bonds is 4. The number of halogens is 1. The van der Waals surface area contributed by atoms with Crippen LogP contribution in [0, 0.1) is 0 Å². The Morgan fingerprint density at radius 2 is 1.86 bits per heavy atom. The average Bonchev–Trinajstić information content (AvgIpc) is 3.10. The van der Waals surface area contributed by atoms with Crippen LogP contribution in [0.1, 0.15) is 48.2 Å². The van der Waals surface area contributed by atoms with Crippen molar-refractivity contribution in [2.24, 2.45) is 0 Å². The van der Waals surface area contributed by atoms with E-state index >= 15 is 0 Å². The number of aromatic nitrogens is 3. The van der Waals surface area contributed by atoms with E-state index in [1.54, 1.807) is 11.8 Å². The molecule has 0 amide bonds. The topological polar surface area (TPSA) is 87.5 Å². The van der Waals surface area contributed by atoms with Crippen LogP contribution in [0.5, 0.6) is 11.5 Å². The lowest BCUT2D eigenvalue weighted by Gasteiger charge is -2.35. The SMILES string of the molecule is COCc1nc2n(n1)C(c1ccc3c(c1)OCCCO3)C1=C(CC(c3ccc(Cl)cc3)CC1=O)N2. The number of Topliss-reactive ketones (excluding diaryl/α,β-unsaturated/α-hetero) is 1. The average molecular weight is 493 g/mol. The summed E-state index contributed by atoms with van der Waals surface area (Å²) in [6.45, 7) is 1.49. The summed E-state index contributed by atoms with van der Waals surface area (Å²) >= 11 is 6.09. The molecule has 3 heterocycles.